The average molecular weight is 245 g/mol. The van der Waals surface area contributed by atoms with Gasteiger partial charge in [-0.25, -0.2) is 0 Å². The molecule has 3 aliphatic rings. The van der Waals surface area contributed by atoms with Gasteiger partial charge in [0.1, 0.15) is 5.82 Å². The second kappa shape index (κ2) is 3.53. The topological polar surface area (TPSA) is 60.2 Å². The van der Waals surface area contributed by atoms with Crippen molar-refractivity contribution >= 4 is 11.5 Å². The van der Waals surface area contributed by atoms with Crippen molar-refractivity contribution in [3.63, 3.8) is 0 Å². The lowest BCUT2D eigenvalue weighted by Crippen LogP contribution is -2.14. The number of pyridine rings is 1. The molecule has 0 aromatic carbocycles. The number of hydrogen-bond acceptors (Lipinski definition) is 4. The van der Waals surface area contributed by atoms with Crippen molar-refractivity contribution in [3.8, 4) is 5.88 Å². The fourth-order valence-corrected chi connectivity index (χ4v) is 4.38. The van der Waals surface area contributed by atoms with Crippen molar-refractivity contribution in [2.75, 3.05) is 18.2 Å². The minimum absolute atomic E-state index is 0.522. The number of methoxy groups -OCH3 is 1. The van der Waals surface area contributed by atoms with Gasteiger partial charge in [0, 0.05) is 6.04 Å². The third-order valence-electron chi connectivity index (χ3n) is 5.13. The molecule has 18 heavy (non-hydrogen) atoms. The molecule has 4 unspecified atom stereocenters. The van der Waals surface area contributed by atoms with E-state index in [2.05, 4.69) is 10.3 Å². The van der Waals surface area contributed by atoms with Gasteiger partial charge in [-0.2, -0.15) is 4.98 Å². The Labute approximate surface area is 107 Å². The van der Waals surface area contributed by atoms with Gasteiger partial charge in [-0.15, -0.1) is 0 Å². The van der Waals surface area contributed by atoms with E-state index < -0.39 is 0 Å². The Morgan fingerprint density at radius 1 is 1.28 bits per heavy atom. The highest BCUT2D eigenvalue weighted by atomic mass is 16.5. The molecule has 4 heteroatoms. The summed E-state index contributed by atoms with van der Waals surface area (Å²) in [5.41, 5.74) is 6.37. The zero-order valence-electron chi connectivity index (χ0n) is 10.6. The van der Waals surface area contributed by atoms with Crippen LogP contribution in [-0.4, -0.2) is 18.1 Å². The van der Waals surface area contributed by atoms with E-state index in [0.29, 0.717) is 17.6 Å². The molecule has 3 fully saturated rings. The Morgan fingerprint density at radius 2 is 2.00 bits per heavy atom. The van der Waals surface area contributed by atoms with Crippen LogP contribution in [0.4, 0.5) is 11.5 Å². The van der Waals surface area contributed by atoms with Gasteiger partial charge in [-0.1, -0.05) is 0 Å². The summed E-state index contributed by atoms with van der Waals surface area (Å²) in [7, 11) is 1.61. The van der Waals surface area contributed by atoms with Gasteiger partial charge < -0.3 is 15.8 Å². The predicted molar refractivity (Wildman–Crippen MR) is 70.4 cm³/mol. The monoisotopic (exact) mass is 245 g/mol. The molecular formula is C14H19N3O. The Balaban J connectivity index is 1.50. The van der Waals surface area contributed by atoms with Gasteiger partial charge >= 0.3 is 0 Å². The van der Waals surface area contributed by atoms with Crippen molar-refractivity contribution in [1.82, 2.24) is 4.98 Å². The molecule has 3 saturated carbocycles. The SMILES string of the molecule is COc1nc(NC2C3C4CCC(C4)C23)ccc1N. The second-order valence-corrected chi connectivity index (χ2v) is 5.95. The van der Waals surface area contributed by atoms with Gasteiger partial charge in [-0.3, -0.25) is 0 Å². The summed E-state index contributed by atoms with van der Waals surface area (Å²) in [6.45, 7) is 0. The largest absolute Gasteiger partial charge is 0.479 e. The lowest BCUT2D eigenvalue weighted by Gasteiger charge is -2.12. The summed E-state index contributed by atoms with van der Waals surface area (Å²) >= 11 is 0. The van der Waals surface area contributed by atoms with Crippen LogP contribution in [0.3, 0.4) is 0 Å². The van der Waals surface area contributed by atoms with E-state index in [4.69, 9.17) is 10.5 Å². The van der Waals surface area contributed by atoms with E-state index in [1.807, 2.05) is 12.1 Å². The molecular weight excluding hydrogens is 226 g/mol. The summed E-state index contributed by atoms with van der Waals surface area (Å²) in [6, 6.07) is 4.46. The molecule has 4 rings (SSSR count). The van der Waals surface area contributed by atoms with Gasteiger partial charge in [0.25, 0.3) is 0 Å². The maximum absolute atomic E-state index is 5.78. The van der Waals surface area contributed by atoms with E-state index >= 15 is 0 Å². The fraction of sp³-hybridized carbons (Fsp3) is 0.643. The molecule has 4 nitrogen and oxygen atoms in total. The average Bonchev–Trinajstić information content (AvgIpc) is 2.78. The Bertz CT molecular complexity index is 474. The van der Waals surface area contributed by atoms with Crippen LogP contribution in [-0.2, 0) is 0 Å². The standard InChI is InChI=1S/C14H19N3O/c1-18-14-9(15)4-5-10(17-14)16-13-11-7-2-3-8(6-7)12(11)13/h4-5,7-8,11-13H,2-3,6,15H2,1H3,(H,16,17). The van der Waals surface area contributed by atoms with Crippen LogP contribution < -0.4 is 15.8 Å². The molecule has 0 aliphatic heterocycles. The second-order valence-electron chi connectivity index (χ2n) is 5.95. The van der Waals surface area contributed by atoms with E-state index in [1.165, 1.54) is 19.3 Å². The number of nitrogens with one attached hydrogen (secondary N) is 1. The number of aromatic nitrogens is 1. The minimum Gasteiger partial charge on any atom is -0.479 e. The highest BCUT2D eigenvalue weighted by molar-refractivity contribution is 5.54. The third kappa shape index (κ3) is 1.35. The normalized spacial score (nSPS) is 39.5. The number of ether oxygens (including phenoxy) is 1. The number of fused-ring (bicyclic) bond motifs is 5. The number of anilines is 2. The van der Waals surface area contributed by atoms with E-state index in [9.17, 15) is 0 Å². The molecule has 96 valence electrons. The molecule has 3 N–H and O–H groups in total. The first-order valence-electron chi connectivity index (χ1n) is 6.85. The Morgan fingerprint density at radius 3 is 2.67 bits per heavy atom. The summed E-state index contributed by atoms with van der Waals surface area (Å²) in [5, 5.41) is 3.57. The highest BCUT2D eigenvalue weighted by Gasteiger charge is 2.65. The zero-order valence-corrected chi connectivity index (χ0v) is 10.6. The van der Waals surface area contributed by atoms with Crippen LogP contribution in [0.2, 0.25) is 0 Å². The molecule has 4 atom stereocenters. The first-order valence-corrected chi connectivity index (χ1v) is 6.85. The number of nitrogens with zero attached hydrogens (tertiary/aromatic N) is 1. The maximum Gasteiger partial charge on any atom is 0.238 e. The molecule has 0 spiro atoms. The van der Waals surface area contributed by atoms with Crippen LogP contribution in [0.5, 0.6) is 5.88 Å². The Hall–Kier alpha value is -1.45. The van der Waals surface area contributed by atoms with Crippen molar-refractivity contribution < 1.29 is 4.74 Å². The lowest BCUT2D eigenvalue weighted by molar-refractivity contribution is 0.400. The lowest BCUT2D eigenvalue weighted by atomic mass is 10.0. The number of nitrogen functional groups attached to an aromatic ring is 1. The van der Waals surface area contributed by atoms with E-state index in [0.717, 1.165) is 29.5 Å². The molecule has 2 bridgehead atoms. The first kappa shape index (κ1) is 10.5. The van der Waals surface area contributed by atoms with E-state index in [-0.39, 0.29) is 0 Å². The summed E-state index contributed by atoms with van der Waals surface area (Å²) in [5.74, 6) is 5.21. The number of rotatable bonds is 3. The summed E-state index contributed by atoms with van der Waals surface area (Å²) in [4.78, 5) is 4.41. The smallest absolute Gasteiger partial charge is 0.238 e. The quantitative estimate of drug-likeness (QED) is 0.856. The van der Waals surface area contributed by atoms with Gasteiger partial charge in [0.05, 0.1) is 12.8 Å². The van der Waals surface area contributed by atoms with Crippen molar-refractivity contribution in [1.29, 1.82) is 0 Å². The molecule has 1 heterocycles. The number of hydrogen-bond donors (Lipinski definition) is 2. The van der Waals surface area contributed by atoms with Crippen molar-refractivity contribution in [2.24, 2.45) is 23.7 Å². The molecule has 1 aromatic heterocycles. The third-order valence-corrected chi connectivity index (χ3v) is 5.13. The number of nitrogens with two attached hydrogens (primary N) is 1. The highest BCUT2D eigenvalue weighted by Crippen LogP contribution is 2.66. The van der Waals surface area contributed by atoms with Crippen LogP contribution in [0.1, 0.15) is 19.3 Å². The van der Waals surface area contributed by atoms with Crippen molar-refractivity contribution in [2.45, 2.75) is 25.3 Å². The molecule has 0 saturated heterocycles. The molecule has 1 aromatic rings. The molecule has 3 aliphatic carbocycles. The van der Waals surface area contributed by atoms with Gasteiger partial charge in [0.15, 0.2) is 0 Å². The summed E-state index contributed by atoms with van der Waals surface area (Å²) in [6.07, 6.45) is 4.37. The summed E-state index contributed by atoms with van der Waals surface area (Å²) < 4.78 is 5.16. The molecule has 0 radical (unpaired) electrons. The van der Waals surface area contributed by atoms with Crippen LogP contribution in [0, 0.1) is 23.7 Å². The minimum atomic E-state index is 0.522. The van der Waals surface area contributed by atoms with Crippen LogP contribution >= 0.6 is 0 Å². The van der Waals surface area contributed by atoms with Gasteiger partial charge in [-0.05, 0) is 55.1 Å². The fourth-order valence-electron chi connectivity index (χ4n) is 4.38. The molecule has 0 amide bonds. The van der Waals surface area contributed by atoms with E-state index in [1.54, 1.807) is 7.11 Å². The van der Waals surface area contributed by atoms with Crippen LogP contribution in [0.25, 0.3) is 0 Å². The zero-order chi connectivity index (χ0) is 12.3. The first-order chi connectivity index (χ1) is 8.78. The van der Waals surface area contributed by atoms with Crippen molar-refractivity contribution in [3.05, 3.63) is 12.1 Å². The predicted octanol–water partition coefficient (Wildman–Crippen LogP) is 2.13. The maximum atomic E-state index is 5.78. The van der Waals surface area contributed by atoms with Crippen LogP contribution in [0.15, 0.2) is 12.1 Å². The Kier molecular flexibility index (Phi) is 2.05. The van der Waals surface area contributed by atoms with Gasteiger partial charge in [0.2, 0.25) is 5.88 Å².